The Bertz CT molecular complexity index is 713. The van der Waals surface area contributed by atoms with Crippen LogP contribution >= 0.6 is 12.6 Å². The fourth-order valence-corrected chi connectivity index (χ4v) is 2.82. The number of aromatic carboxylic acids is 1. The van der Waals surface area contributed by atoms with Crippen LogP contribution in [0.5, 0.6) is 11.5 Å². The molecule has 1 aromatic rings. The van der Waals surface area contributed by atoms with E-state index in [2.05, 4.69) is 12.6 Å². The van der Waals surface area contributed by atoms with Crippen molar-refractivity contribution in [1.29, 1.82) is 0 Å². The van der Waals surface area contributed by atoms with Gasteiger partial charge in [0.2, 0.25) is 0 Å². The molecule has 0 spiro atoms. The summed E-state index contributed by atoms with van der Waals surface area (Å²) in [5.41, 5.74) is 0.300. The Labute approximate surface area is 160 Å². The zero-order valence-corrected chi connectivity index (χ0v) is 16.8. The van der Waals surface area contributed by atoms with Gasteiger partial charge in [0.1, 0.15) is 0 Å². The summed E-state index contributed by atoms with van der Waals surface area (Å²) in [5, 5.41) is 9.56. The molecule has 26 heavy (non-hydrogen) atoms. The van der Waals surface area contributed by atoms with E-state index in [1.54, 1.807) is 12.1 Å². The minimum atomic E-state index is -1.07. The molecule has 0 radical (unpaired) electrons. The molecule has 2 rings (SSSR count). The molecule has 1 aliphatic rings. The minimum absolute atomic E-state index is 0.0958. The van der Waals surface area contributed by atoms with Crippen LogP contribution in [0.15, 0.2) is 17.6 Å². The maximum absolute atomic E-state index is 11.7. The molecule has 0 aromatic heterocycles. The van der Waals surface area contributed by atoms with E-state index < -0.39 is 24.3 Å². The second-order valence-electron chi connectivity index (χ2n) is 7.07. The third kappa shape index (κ3) is 3.87. The van der Waals surface area contributed by atoms with Gasteiger partial charge in [-0.1, -0.05) is 6.08 Å². The molecular weight excluding hydrogens is 355 g/mol. The van der Waals surface area contributed by atoms with E-state index in [1.165, 1.54) is 20.3 Å². The summed E-state index contributed by atoms with van der Waals surface area (Å²) in [4.78, 5) is 11.7. The summed E-state index contributed by atoms with van der Waals surface area (Å²) < 4.78 is 22.6. The monoisotopic (exact) mass is 380 g/mol. The van der Waals surface area contributed by atoms with Crippen molar-refractivity contribution >= 4 is 31.8 Å². The van der Waals surface area contributed by atoms with E-state index in [9.17, 15) is 9.90 Å². The Morgan fingerprint density at radius 1 is 1.15 bits per heavy atom. The number of carboxylic acid groups (broad SMARTS) is 1. The molecule has 1 N–H and O–H groups in total. The molecule has 1 heterocycles. The van der Waals surface area contributed by atoms with Gasteiger partial charge >= 0.3 is 13.1 Å². The van der Waals surface area contributed by atoms with Crippen LogP contribution in [0.3, 0.4) is 0 Å². The highest BCUT2D eigenvalue weighted by atomic mass is 32.1. The second kappa shape index (κ2) is 7.54. The smallest absolute Gasteiger partial charge is 0.491 e. The van der Waals surface area contributed by atoms with Crippen molar-refractivity contribution in [2.45, 2.75) is 38.9 Å². The van der Waals surface area contributed by atoms with Gasteiger partial charge in [0.15, 0.2) is 11.5 Å². The fourth-order valence-electron chi connectivity index (χ4n) is 2.58. The lowest BCUT2D eigenvalue weighted by Gasteiger charge is -2.32. The average Bonchev–Trinajstić information content (AvgIpc) is 2.79. The molecule has 6 nitrogen and oxygen atoms in total. The largest absolute Gasteiger partial charge is 0.493 e. The number of methoxy groups -OCH3 is 2. The number of thiol groups is 1. The summed E-state index contributed by atoms with van der Waals surface area (Å²) in [7, 11) is 2.36. The van der Waals surface area contributed by atoms with Crippen LogP contribution in [0.2, 0.25) is 0 Å². The van der Waals surface area contributed by atoms with Crippen molar-refractivity contribution in [3.05, 3.63) is 28.7 Å². The van der Waals surface area contributed by atoms with E-state index in [-0.39, 0.29) is 5.56 Å². The van der Waals surface area contributed by atoms with Crippen LogP contribution in [-0.2, 0) is 9.31 Å². The molecular formula is C18H25BO6S. The van der Waals surface area contributed by atoms with Gasteiger partial charge in [-0.15, -0.1) is 0 Å². The van der Waals surface area contributed by atoms with Crippen molar-refractivity contribution in [2.24, 2.45) is 0 Å². The molecule has 0 atom stereocenters. The normalized spacial score (nSPS) is 18.7. The van der Waals surface area contributed by atoms with Crippen molar-refractivity contribution in [3.63, 3.8) is 0 Å². The van der Waals surface area contributed by atoms with Gasteiger partial charge in [0, 0.05) is 5.75 Å². The van der Waals surface area contributed by atoms with Crippen molar-refractivity contribution in [2.75, 3.05) is 20.0 Å². The van der Waals surface area contributed by atoms with Gasteiger partial charge in [0.25, 0.3) is 0 Å². The van der Waals surface area contributed by atoms with E-state index in [1.807, 2.05) is 27.7 Å². The summed E-state index contributed by atoms with van der Waals surface area (Å²) >= 11 is 4.38. The highest BCUT2D eigenvalue weighted by Gasteiger charge is 2.52. The lowest BCUT2D eigenvalue weighted by Crippen LogP contribution is -2.41. The van der Waals surface area contributed by atoms with E-state index in [0.717, 1.165) is 5.47 Å². The van der Waals surface area contributed by atoms with Crippen molar-refractivity contribution in [1.82, 2.24) is 0 Å². The Hall–Kier alpha value is -1.64. The first-order chi connectivity index (χ1) is 12.1. The van der Waals surface area contributed by atoms with Gasteiger partial charge in [-0.05, 0) is 50.9 Å². The molecule has 8 heteroatoms. The van der Waals surface area contributed by atoms with Gasteiger partial charge in [0.05, 0.1) is 31.0 Å². The molecule has 1 saturated heterocycles. The Morgan fingerprint density at radius 3 is 2.08 bits per heavy atom. The van der Waals surface area contributed by atoms with Gasteiger partial charge in [-0.3, -0.25) is 0 Å². The molecule has 0 aliphatic carbocycles. The van der Waals surface area contributed by atoms with Gasteiger partial charge in [-0.25, -0.2) is 4.79 Å². The predicted octanol–water partition coefficient (Wildman–Crippen LogP) is 3.35. The van der Waals surface area contributed by atoms with E-state index in [0.29, 0.717) is 22.8 Å². The average molecular weight is 380 g/mol. The number of benzene rings is 1. The van der Waals surface area contributed by atoms with Crippen LogP contribution in [0, 0.1) is 0 Å². The standard InChI is InChI=1S/C18H25BO6S/c1-17(2)18(3,4)25-19(24-17)12(10-26)7-11-8-14(22-5)15(23-6)9-13(11)16(20)21/h7-9,26H,10H2,1-6H3,(H,20,21). The highest BCUT2D eigenvalue weighted by Crippen LogP contribution is 2.39. The lowest BCUT2D eigenvalue weighted by atomic mass is 9.78. The Balaban J connectivity index is 2.51. The highest BCUT2D eigenvalue weighted by molar-refractivity contribution is 7.80. The van der Waals surface area contributed by atoms with Crippen molar-refractivity contribution < 1.29 is 28.7 Å². The Kier molecular flexibility index (Phi) is 6.00. The molecule has 142 valence electrons. The zero-order chi connectivity index (χ0) is 19.7. The van der Waals surface area contributed by atoms with Gasteiger partial charge < -0.3 is 23.9 Å². The lowest BCUT2D eigenvalue weighted by molar-refractivity contribution is 0.00578. The third-order valence-corrected chi connectivity index (χ3v) is 5.23. The molecule has 0 amide bonds. The first kappa shape index (κ1) is 20.7. The first-order valence-corrected chi connectivity index (χ1v) is 8.86. The summed E-state index contributed by atoms with van der Waals surface area (Å²) in [6, 6.07) is 3.06. The van der Waals surface area contributed by atoms with Crippen LogP contribution in [0.25, 0.3) is 6.08 Å². The van der Waals surface area contributed by atoms with Gasteiger partial charge in [-0.2, -0.15) is 12.6 Å². The quantitative estimate of drug-likeness (QED) is 0.583. The molecule has 1 aliphatic heterocycles. The maximum atomic E-state index is 11.7. The van der Waals surface area contributed by atoms with Crippen LogP contribution < -0.4 is 9.47 Å². The summed E-state index contributed by atoms with van der Waals surface area (Å²) in [6.07, 6.45) is 1.72. The minimum Gasteiger partial charge on any atom is -0.493 e. The van der Waals surface area contributed by atoms with Crippen LogP contribution in [-0.4, -0.2) is 49.4 Å². The Morgan fingerprint density at radius 2 is 1.65 bits per heavy atom. The first-order valence-electron chi connectivity index (χ1n) is 8.22. The number of hydrogen-bond acceptors (Lipinski definition) is 6. The number of rotatable bonds is 6. The number of ether oxygens (including phenoxy) is 2. The SMILES string of the molecule is COc1cc(C=C(CS)B2OC(C)(C)C(C)(C)O2)c(C(=O)O)cc1OC. The van der Waals surface area contributed by atoms with E-state index in [4.69, 9.17) is 18.8 Å². The molecule has 0 unspecified atom stereocenters. The zero-order valence-electron chi connectivity index (χ0n) is 16.0. The second-order valence-corrected chi connectivity index (χ2v) is 7.38. The third-order valence-electron chi connectivity index (χ3n) is 4.87. The summed E-state index contributed by atoms with van der Waals surface area (Å²) in [6.45, 7) is 7.84. The number of hydrogen-bond donors (Lipinski definition) is 2. The number of carboxylic acids is 1. The maximum Gasteiger partial charge on any atom is 0.491 e. The van der Waals surface area contributed by atoms with E-state index >= 15 is 0 Å². The molecule has 0 saturated carbocycles. The predicted molar refractivity (Wildman–Crippen MR) is 104 cm³/mol. The number of carbonyl (C=O) groups is 1. The summed E-state index contributed by atoms with van der Waals surface area (Å²) in [5.74, 6) is 0.0791. The molecule has 0 bridgehead atoms. The van der Waals surface area contributed by atoms with Crippen LogP contribution in [0.4, 0.5) is 0 Å². The molecule has 1 aromatic carbocycles. The topological polar surface area (TPSA) is 74.2 Å². The van der Waals surface area contributed by atoms with Crippen molar-refractivity contribution in [3.8, 4) is 11.5 Å². The fraction of sp³-hybridized carbons (Fsp3) is 0.500. The van der Waals surface area contributed by atoms with Crippen LogP contribution in [0.1, 0.15) is 43.6 Å². The molecule has 1 fully saturated rings.